The van der Waals surface area contributed by atoms with Crippen molar-refractivity contribution in [2.45, 2.75) is 25.4 Å². The van der Waals surface area contributed by atoms with E-state index in [0.29, 0.717) is 11.0 Å². The zero-order chi connectivity index (χ0) is 14.9. The van der Waals surface area contributed by atoms with Gasteiger partial charge in [-0.1, -0.05) is 6.07 Å². The highest BCUT2D eigenvalue weighted by Gasteiger charge is 2.34. The van der Waals surface area contributed by atoms with Gasteiger partial charge in [-0.15, -0.1) is 0 Å². The molecule has 1 atom stereocenters. The average molecular weight is 344 g/mol. The molecule has 0 bridgehead atoms. The summed E-state index contributed by atoms with van der Waals surface area (Å²) in [5.41, 5.74) is 7.02. The molecule has 0 radical (unpaired) electrons. The molecule has 1 aliphatic rings. The Hall–Kier alpha value is -0.490. The maximum atomic E-state index is 13.7. The molecule has 5 heteroatoms. The fourth-order valence-corrected chi connectivity index (χ4v) is 3.01. The van der Waals surface area contributed by atoms with Crippen LogP contribution in [0.4, 0.5) is 4.39 Å². The molecule has 20 heavy (non-hydrogen) atoms. The predicted molar refractivity (Wildman–Crippen MR) is 84.2 cm³/mol. The van der Waals surface area contributed by atoms with Crippen LogP contribution in [0.5, 0.6) is 0 Å². The molecule has 1 aliphatic heterocycles. The molecule has 1 unspecified atom stereocenters. The molecule has 2 N–H and O–H groups in total. The van der Waals surface area contributed by atoms with Gasteiger partial charge in [0.25, 0.3) is 0 Å². The number of hydrogen-bond acceptors (Lipinski definition) is 3. The molecule has 1 fully saturated rings. The molecule has 3 nitrogen and oxygen atoms in total. The normalized spacial score (nSPS) is 21.9. The van der Waals surface area contributed by atoms with Crippen LogP contribution in [0.25, 0.3) is 0 Å². The second kappa shape index (κ2) is 6.10. The van der Waals surface area contributed by atoms with Crippen molar-refractivity contribution in [1.29, 1.82) is 0 Å². The molecule has 1 heterocycles. The monoisotopic (exact) mass is 343 g/mol. The quantitative estimate of drug-likeness (QED) is 0.915. The van der Waals surface area contributed by atoms with Crippen molar-refractivity contribution >= 4 is 15.9 Å². The van der Waals surface area contributed by atoms with E-state index in [9.17, 15) is 4.39 Å². The van der Waals surface area contributed by atoms with Crippen LogP contribution in [0.2, 0.25) is 0 Å². The zero-order valence-electron chi connectivity index (χ0n) is 12.4. The zero-order valence-corrected chi connectivity index (χ0v) is 14.0. The third-order valence-corrected chi connectivity index (χ3v) is 4.98. The van der Waals surface area contributed by atoms with Gasteiger partial charge in [-0.25, -0.2) is 4.39 Å². The number of rotatable bonds is 3. The molecule has 0 spiro atoms. The summed E-state index contributed by atoms with van der Waals surface area (Å²) in [4.78, 5) is 4.72. The highest BCUT2D eigenvalue weighted by Crippen LogP contribution is 2.28. The maximum Gasteiger partial charge on any atom is 0.137 e. The van der Waals surface area contributed by atoms with E-state index in [1.165, 1.54) is 0 Å². The molecule has 2 rings (SSSR count). The lowest BCUT2D eigenvalue weighted by Gasteiger charge is -2.48. The van der Waals surface area contributed by atoms with Crippen molar-refractivity contribution in [2.24, 2.45) is 5.73 Å². The van der Waals surface area contributed by atoms with Crippen molar-refractivity contribution < 1.29 is 4.39 Å². The predicted octanol–water partition coefficient (Wildman–Crippen LogP) is 2.61. The smallest absolute Gasteiger partial charge is 0.137 e. The number of nitrogens with zero attached hydrogens (tertiary/aromatic N) is 2. The third-order valence-electron chi connectivity index (χ3n) is 4.34. The third kappa shape index (κ3) is 3.22. The van der Waals surface area contributed by atoms with Crippen molar-refractivity contribution in [2.75, 3.05) is 33.2 Å². The summed E-state index contributed by atoms with van der Waals surface area (Å²) in [6, 6.07) is 5.38. The van der Waals surface area contributed by atoms with Gasteiger partial charge in [0.2, 0.25) is 0 Å². The second-order valence-electron chi connectivity index (χ2n) is 6.13. The summed E-state index contributed by atoms with van der Waals surface area (Å²) in [6.45, 7) is 7.86. The van der Waals surface area contributed by atoms with Gasteiger partial charge < -0.3 is 5.73 Å². The largest absolute Gasteiger partial charge is 0.329 e. The van der Waals surface area contributed by atoms with Gasteiger partial charge in [-0.05, 0) is 54.5 Å². The van der Waals surface area contributed by atoms with E-state index in [0.717, 1.165) is 25.2 Å². The minimum Gasteiger partial charge on any atom is -0.329 e. The van der Waals surface area contributed by atoms with E-state index in [1.54, 1.807) is 12.1 Å². The minimum atomic E-state index is -0.227. The Morgan fingerprint density at radius 1 is 1.40 bits per heavy atom. The van der Waals surface area contributed by atoms with Gasteiger partial charge in [0, 0.05) is 37.8 Å². The number of piperazine rings is 1. The van der Waals surface area contributed by atoms with Gasteiger partial charge in [0.1, 0.15) is 5.82 Å². The SMILES string of the molecule is CN1CCN(C(CN)c2ccc(Br)c(F)c2)CC1(C)C. The van der Waals surface area contributed by atoms with Crippen LogP contribution < -0.4 is 5.73 Å². The number of benzene rings is 1. The minimum absolute atomic E-state index is 0.0746. The Kier molecular flexibility index (Phi) is 4.84. The number of likely N-dealkylation sites (N-methyl/N-ethyl adjacent to an activating group) is 1. The molecule has 0 saturated carbocycles. The molecule has 1 saturated heterocycles. The number of halogens is 2. The van der Waals surface area contributed by atoms with Crippen LogP contribution in [0, 0.1) is 5.82 Å². The summed E-state index contributed by atoms with van der Waals surface area (Å²) < 4.78 is 14.2. The summed E-state index contributed by atoms with van der Waals surface area (Å²) >= 11 is 3.20. The Morgan fingerprint density at radius 2 is 2.10 bits per heavy atom. The lowest BCUT2D eigenvalue weighted by atomic mass is 9.96. The van der Waals surface area contributed by atoms with Gasteiger partial charge in [0.15, 0.2) is 0 Å². The Balaban J connectivity index is 2.22. The van der Waals surface area contributed by atoms with Crippen molar-refractivity contribution in [3.63, 3.8) is 0 Å². The van der Waals surface area contributed by atoms with Crippen LogP contribution in [-0.4, -0.2) is 48.6 Å². The second-order valence-corrected chi connectivity index (χ2v) is 6.98. The molecular weight excluding hydrogens is 321 g/mol. The fraction of sp³-hybridized carbons (Fsp3) is 0.600. The molecule has 112 valence electrons. The van der Waals surface area contributed by atoms with Gasteiger partial charge in [-0.2, -0.15) is 0 Å². The number of hydrogen-bond donors (Lipinski definition) is 1. The molecule has 1 aromatic rings. The first kappa shape index (κ1) is 15.9. The summed E-state index contributed by atoms with van der Waals surface area (Å²) in [6.07, 6.45) is 0. The van der Waals surface area contributed by atoms with E-state index >= 15 is 0 Å². The summed E-state index contributed by atoms with van der Waals surface area (Å²) in [7, 11) is 2.15. The van der Waals surface area contributed by atoms with Crippen molar-refractivity contribution in [3.05, 3.63) is 34.1 Å². The fourth-order valence-electron chi connectivity index (χ4n) is 2.76. The van der Waals surface area contributed by atoms with E-state index in [4.69, 9.17) is 5.73 Å². The molecule has 0 amide bonds. The highest BCUT2D eigenvalue weighted by molar-refractivity contribution is 9.10. The Labute approximate surface area is 129 Å². The summed E-state index contributed by atoms with van der Waals surface area (Å²) in [5, 5.41) is 0. The van der Waals surface area contributed by atoms with Crippen LogP contribution in [0.1, 0.15) is 25.5 Å². The topological polar surface area (TPSA) is 32.5 Å². The Morgan fingerprint density at radius 3 is 2.65 bits per heavy atom. The lowest BCUT2D eigenvalue weighted by Crippen LogP contribution is -2.58. The maximum absolute atomic E-state index is 13.7. The van der Waals surface area contributed by atoms with Crippen LogP contribution >= 0.6 is 15.9 Å². The molecule has 1 aromatic carbocycles. The van der Waals surface area contributed by atoms with Crippen LogP contribution in [0.15, 0.2) is 22.7 Å². The van der Waals surface area contributed by atoms with Crippen molar-refractivity contribution in [3.8, 4) is 0 Å². The van der Waals surface area contributed by atoms with E-state index in [2.05, 4.69) is 46.6 Å². The van der Waals surface area contributed by atoms with Gasteiger partial charge in [-0.3, -0.25) is 9.80 Å². The van der Waals surface area contributed by atoms with Crippen molar-refractivity contribution in [1.82, 2.24) is 9.80 Å². The number of nitrogens with two attached hydrogens (primary N) is 1. The molecule has 0 aliphatic carbocycles. The van der Waals surface area contributed by atoms with Gasteiger partial charge >= 0.3 is 0 Å². The van der Waals surface area contributed by atoms with Gasteiger partial charge in [0.05, 0.1) is 4.47 Å². The first-order valence-corrected chi connectivity index (χ1v) is 7.75. The highest BCUT2D eigenvalue weighted by atomic mass is 79.9. The lowest BCUT2D eigenvalue weighted by molar-refractivity contribution is 0.0180. The molecular formula is C15H23BrFN3. The van der Waals surface area contributed by atoms with E-state index in [1.807, 2.05) is 6.07 Å². The van der Waals surface area contributed by atoms with E-state index < -0.39 is 0 Å². The first-order chi connectivity index (χ1) is 9.35. The van der Waals surface area contributed by atoms with E-state index in [-0.39, 0.29) is 17.4 Å². The average Bonchev–Trinajstić information content (AvgIpc) is 2.38. The first-order valence-electron chi connectivity index (χ1n) is 6.95. The standard InChI is InChI=1S/C15H23BrFN3/c1-15(2)10-20(7-6-19(15)3)14(9-18)11-4-5-12(16)13(17)8-11/h4-5,8,14H,6-7,9-10,18H2,1-3H3. The van der Waals surface area contributed by atoms with Crippen LogP contribution in [-0.2, 0) is 0 Å². The summed E-state index contributed by atoms with van der Waals surface area (Å²) in [5.74, 6) is -0.227. The van der Waals surface area contributed by atoms with Crippen LogP contribution in [0.3, 0.4) is 0 Å². The molecule has 0 aromatic heterocycles. The Bertz CT molecular complexity index is 478.